The van der Waals surface area contributed by atoms with E-state index in [4.69, 9.17) is 4.74 Å². The molecule has 0 saturated heterocycles. The third-order valence-electron chi connectivity index (χ3n) is 2.28. The van der Waals surface area contributed by atoms with Gasteiger partial charge in [0.25, 0.3) is 0 Å². The first-order valence-corrected chi connectivity index (χ1v) is 5.06. The van der Waals surface area contributed by atoms with Gasteiger partial charge >= 0.3 is 5.97 Å². The van der Waals surface area contributed by atoms with Crippen molar-refractivity contribution in [1.82, 2.24) is 0 Å². The summed E-state index contributed by atoms with van der Waals surface area (Å²) in [5.41, 5.74) is 1.09. The van der Waals surface area contributed by atoms with Crippen LogP contribution in [0.3, 0.4) is 0 Å². The Kier molecular flexibility index (Phi) is 2.12. The third kappa shape index (κ3) is 1.37. The highest BCUT2D eigenvalue weighted by atomic mass is 79.9. The molecule has 1 heterocycles. The van der Waals surface area contributed by atoms with E-state index >= 15 is 0 Å². The standard InChI is InChI=1S/C10H9BrO2/c1-6-7-4-2-3-5-8(7)13-10(12)9(6)11/h2-6,9H,1H3. The van der Waals surface area contributed by atoms with Crippen molar-refractivity contribution in [2.45, 2.75) is 17.7 Å². The van der Waals surface area contributed by atoms with Crippen molar-refractivity contribution >= 4 is 21.9 Å². The number of hydrogen-bond acceptors (Lipinski definition) is 2. The van der Waals surface area contributed by atoms with Gasteiger partial charge in [-0.15, -0.1) is 0 Å². The number of carbonyl (C=O) groups excluding carboxylic acids is 1. The molecule has 2 atom stereocenters. The Morgan fingerprint density at radius 1 is 1.38 bits per heavy atom. The Morgan fingerprint density at radius 2 is 2.08 bits per heavy atom. The molecule has 2 rings (SSSR count). The molecule has 2 nitrogen and oxygen atoms in total. The van der Waals surface area contributed by atoms with Gasteiger partial charge < -0.3 is 4.74 Å². The molecule has 1 aromatic rings. The lowest BCUT2D eigenvalue weighted by Gasteiger charge is -2.25. The van der Waals surface area contributed by atoms with Crippen molar-refractivity contribution in [2.75, 3.05) is 0 Å². The summed E-state index contributed by atoms with van der Waals surface area (Å²) in [6, 6.07) is 7.63. The van der Waals surface area contributed by atoms with Crippen LogP contribution in [-0.2, 0) is 4.79 Å². The van der Waals surface area contributed by atoms with E-state index in [2.05, 4.69) is 15.9 Å². The van der Waals surface area contributed by atoms with Crippen molar-refractivity contribution in [2.24, 2.45) is 0 Å². The van der Waals surface area contributed by atoms with Gasteiger partial charge in [-0.3, -0.25) is 4.79 Å². The molecule has 13 heavy (non-hydrogen) atoms. The lowest BCUT2D eigenvalue weighted by atomic mass is 9.95. The fourth-order valence-corrected chi connectivity index (χ4v) is 1.85. The van der Waals surface area contributed by atoms with Crippen LogP contribution in [0.15, 0.2) is 24.3 Å². The molecule has 0 bridgehead atoms. The van der Waals surface area contributed by atoms with E-state index in [1.807, 2.05) is 31.2 Å². The van der Waals surface area contributed by atoms with E-state index < -0.39 is 0 Å². The highest BCUT2D eigenvalue weighted by Gasteiger charge is 2.32. The van der Waals surface area contributed by atoms with Crippen molar-refractivity contribution in [3.63, 3.8) is 0 Å². The average Bonchev–Trinajstić information content (AvgIpc) is 2.15. The zero-order chi connectivity index (χ0) is 9.42. The van der Waals surface area contributed by atoms with Gasteiger partial charge in [0.1, 0.15) is 10.6 Å². The first kappa shape index (κ1) is 8.75. The predicted octanol–water partition coefficient (Wildman–Crippen LogP) is 2.47. The number of carbonyl (C=O) groups is 1. The maximum Gasteiger partial charge on any atom is 0.325 e. The van der Waals surface area contributed by atoms with Crippen molar-refractivity contribution in [1.29, 1.82) is 0 Å². The Labute approximate surface area is 85.0 Å². The maximum atomic E-state index is 11.3. The molecule has 0 aliphatic carbocycles. The number of benzene rings is 1. The van der Waals surface area contributed by atoms with Crippen LogP contribution in [0, 0.1) is 0 Å². The fraction of sp³-hybridized carbons (Fsp3) is 0.300. The molecule has 0 spiro atoms. The Morgan fingerprint density at radius 3 is 2.85 bits per heavy atom. The average molecular weight is 241 g/mol. The zero-order valence-electron chi connectivity index (χ0n) is 7.16. The monoisotopic (exact) mass is 240 g/mol. The minimum absolute atomic E-state index is 0.178. The highest BCUT2D eigenvalue weighted by Crippen LogP contribution is 2.36. The van der Waals surface area contributed by atoms with E-state index in [-0.39, 0.29) is 16.7 Å². The predicted molar refractivity (Wildman–Crippen MR) is 53.2 cm³/mol. The molecule has 0 fully saturated rings. The summed E-state index contributed by atoms with van der Waals surface area (Å²) in [7, 11) is 0. The lowest BCUT2D eigenvalue weighted by molar-refractivity contribution is -0.134. The quantitative estimate of drug-likeness (QED) is 0.396. The van der Waals surface area contributed by atoms with Crippen LogP contribution in [0.4, 0.5) is 0 Å². The van der Waals surface area contributed by atoms with Crippen LogP contribution in [-0.4, -0.2) is 10.8 Å². The first-order valence-electron chi connectivity index (χ1n) is 4.15. The summed E-state index contributed by atoms with van der Waals surface area (Å²) >= 11 is 3.31. The number of halogens is 1. The van der Waals surface area contributed by atoms with Gasteiger partial charge in [-0.05, 0) is 11.6 Å². The number of rotatable bonds is 0. The first-order chi connectivity index (χ1) is 6.20. The van der Waals surface area contributed by atoms with Crippen molar-refractivity contribution in [3.05, 3.63) is 29.8 Å². The summed E-state index contributed by atoms with van der Waals surface area (Å²) in [5, 5.41) is 0. The molecule has 3 heteroatoms. The number of hydrogen-bond donors (Lipinski definition) is 0. The molecular formula is C10H9BrO2. The molecule has 0 aromatic heterocycles. The summed E-state index contributed by atoms with van der Waals surface area (Å²) < 4.78 is 5.13. The molecule has 1 aliphatic rings. The second kappa shape index (κ2) is 3.14. The Bertz CT molecular complexity index is 349. The Hall–Kier alpha value is -0.830. The normalized spacial score (nSPS) is 26.5. The van der Waals surface area contributed by atoms with Crippen molar-refractivity contribution < 1.29 is 9.53 Å². The molecule has 2 unspecified atom stereocenters. The smallest absolute Gasteiger partial charge is 0.325 e. The Balaban J connectivity index is 2.49. The summed E-state index contributed by atoms with van der Waals surface area (Å²) in [6.07, 6.45) is 0. The number of para-hydroxylation sites is 1. The topological polar surface area (TPSA) is 26.3 Å². The molecule has 0 amide bonds. The minimum atomic E-state index is -0.220. The lowest BCUT2D eigenvalue weighted by Crippen LogP contribution is -2.30. The van der Waals surface area contributed by atoms with Crippen LogP contribution in [0.2, 0.25) is 0 Å². The van der Waals surface area contributed by atoms with Gasteiger partial charge in [-0.2, -0.15) is 0 Å². The number of ether oxygens (including phenoxy) is 1. The SMILES string of the molecule is CC1c2ccccc2OC(=O)C1Br. The minimum Gasteiger partial charge on any atom is -0.425 e. The number of esters is 1. The fourth-order valence-electron chi connectivity index (χ4n) is 1.48. The second-order valence-electron chi connectivity index (χ2n) is 3.15. The summed E-state index contributed by atoms with van der Waals surface area (Å²) in [5.74, 6) is 0.666. The van der Waals surface area contributed by atoms with Gasteiger partial charge in [-0.25, -0.2) is 0 Å². The molecule has 0 saturated carbocycles. The summed E-state index contributed by atoms with van der Waals surface area (Å²) in [4.78, 5) is 11.1. The molecule has 0 N–H and O–H groups in total. The highest BCUT2D eigenvalue weighted by molar-refractivity contribution is 9.10. The van der Waals surface area contributed by atoms with Crippen LogP contribution < -0.4 is 4.74 Å². The molecule has 1 aromatic carbocycles. The molecule has 0 radical (unpaired) electrons. The van der Waals surface area contributed by atoms with Crippen LogP contribution in [0.1, 0.15) is 18.4 Å². The van der Waals surface area contributed by atoms with Gasteiger partial charge in [0.15, 0.2) is 0 Å². The van der Waals surface area contributed by atoms with E-state index in [1.165, 1.54) is 0 Å². The zero-order valence-corrected chi connectivity index (χ0v) is 8.74. The molecule has 68 valence electrons. The second-order valence-corrected chi connectivity index (χ2v) is 4.14. The van der Waals surface area contributed by atoms with E-state index in [0.29, 0.717) is 5.75 Å². The largest absolute Gasteiger partial charge is 0.425 e. The van der Waals surface area contributed by atoms with Gasteiger partial charge in [0, 0.05) is 5.92 Å². The van der Waals surface area contributed by atoms with Crippen LogP contribution in [0.25, 0.3) is 0 Å². The van der Waals surface area contributed by atoms with E-state index in [0.717, 1.165) is 5.56 Å². The van der Waals surface area contributed by atoms with E-state index in [9.17, 15) is 4.79 Å². The molecular weight excluding hydrogens is 232 g/mol. The van der Waals surface area contributed by atoms with Gasteiger partial charge in [0.2, 0.25) is 0 Å². The van der Waals surface area contributed by atoms with Crippen LogP contribution >= 0.6 is 15.9 Å². The molecule has 1 aliphatic heterocycles. The summed E-state index contributed by atoms with van der Waals surface area (Å²) in [6.45, 7) is 2.01. The van der Waals surface area contributed by atoms with Crippen LogP contribution in [0.5, 0.6) is 5.75 Å². The number of alkyl halides is 1. The van der Waals surface area contributed by atoms with Gasteiger partial charge in [0.05, 0.1) is 0 Å². The van der Waals surface area contributed by atoms with Gasteiger partial charge in [-0.1, -0.05) is 41.1 Å². The third-order valence-corrected chi connectivity index (χ3v) is 3.45. The maximum absolute atomic E-state index is 11.3. The van der Waals surface area contributed by atoms with E-state index in [1.54, 1.807) is 0 Å². The van der Waals surface area contributed by atoms with Crippen molar-refractivity contribution in [3.8, 4) is 5.75 Å². The number of fused-ring (bicyclic) bond motifs is 1.